The van der Waals surface area contributed by atoms with Crippen molar-refractivity contribution in [2.45, 2.75) is 0 Å². The summed E-state index contributed by atoms with van der Waals surface area (Å²) in [4.78, 5) is 24.5. The van der Waals surface area contributed by atoms with E-state index in [-0.39, 0.29) is 24.0 Å². The number of rotatable bonds is 9. The lowest BCUT2D eigenvalue weighted by atomic mass is 10.1. The number of anilines is 1. The molecule has 0 atom stereocenters. The van der Waals surface area contributed by atoms with Gasteiger partial charge in [-0.15, -0.1) is 0 Å². The summed E-state index contributed by atoms with van der Waals surface area (Å²) >= 11 is 0. The molecular formula is C25H23NO6. The second kappa shape index (κ2) is 10.7. The number of amides is 1. The van der Waals surface area contributed by atoms with E-state index in [0.717, 1.165) is 5.56 Å². The molecule has 1 amide bonds. The number of benzene rings is 3. The number of methoxy groups -OCH3 is 2. The van der Waals surface area contributed by atoms with Crippen LogP contribution in [0.15, 0.2) is 72.8 Å². The Bertz CT molecular complexity index is 1120. The zero-order valence-corrected chi connectivity index (χ0v) is 17.7. The van der Waals surface area contributed by atoms with Crippen LogP contribution in [0.4, 0.5) is 5.69 Å². The molecule has 0 aliphatic carbocycles. The van der Waals surface area contributed by atoms with Gasteiger partial charge in [-0.05, 0) is 60.2 Å². The van der Waals surface area contributed by atoms with Crippen molar-refractivity contribution in [3.63, 3.8) is 0 Å². The Hall–Kier alpha value is -4.26. The molecule has 2 N–H and O–H groups in total. The molecule has 164 valence electrons. The van der Waals surface area contributed by atoms with Crippen molar-refractivity contribution in [1.82, 2.24) is 0 Å². The lowest BCUT2D eigenvalue weighted by Gasteiger charge is -2.13. The maximum Gasteiger partial charge on any atom is 0.262 e. The Kier molecular flexibility index (Phi) is 7.48. The first-order valence-electron chi connectivity index (χ1n) is 9.75. The van der Waals surface area contributed by atoms with Gasteiger partial charge in [0.1, 0.15) is 11.5 Å². The van der Waals surface area contributed by atoms with E-state index >= 15 is 0 Å². The van der Waals surface area contributed by atoms with Crippen LogP contribution in [-0.2, 0) is 4.79 Å². The minimum atomic E-state index is -0.347. The van der Waals surface area contributed by atoms with E-state index in [2.05, 4.69) is 5.32 Å². The van der Waals surface area contributed by atoms with Gasteiger partial charge in [0.05, 0.1) is 19.9 Å². The van der Waals surface area contributed by atoms with E-state index in [1.165, 1.54) is 32.4 Å². The average Bonchev–Trinajstić information content (AvgIpc) is 2.82. The zero-order valence-electron chi connectivity index (χ0n) is 17.7. The molecule has 0 aliphatic heterocycles. The molecule has 0 heterocycles. The van der Waals surface area contributed by atoms with Crippen LogP contribution in [0.25, 0.3) is 6.08 Å². The number of phenolic OH excluding ortho intramolecular Hbond substituents is 1. The topological polar surface area (TPSA) is 94.1 Å². The fourth-order valence-electron chi connectivity index (χ4n) is 2.88. The SMILES string of the molecule is COc1ccccc1NC(=O)COc1ccc(/C=C/C(=O)c2ccc(O)cc2)cc1OC. The Balaban J connectivity index is 1.62. The molecule has 0 bridgehead atoms. The van der Waals surface area contributed by atoms with Crippen LogP contribution in [0, 0.1) is 0 Å². The van der Waals surface area contributed by atoms with E-state index in [0.29, 0.717) is 28.5 Å². The number of nitrogens with one attached hydrogen (secondary N) is 1. The van der Waals surface area contributed by atoms with E-state index < -0.39 is 0 Å². The maximum atomic E-state index is 12.3. The lowest BCUT2D eigenvalue weighted by molar-refractivity contribution is -0.118. The number of carbonyl (C=O) groups is 2. The quantitative estimate of drug-likeness (QED) is 0.386. The molecule has 32 heavy (non-hydrogen) atoms. The van der Waals surface area contributed by atoms with Gasteiger partial charge in [-0.2, -0.15) is 0 Å². The molecule has 0 radical (unpaired) electrons. The van der Waals surface area contributed by atoms with Gasteiger partial charge >= 0.3 is 0 Å². The smallest absolute Gasteiger partial charge is 0.262 e. The highest BCUT2D eigenvalue weighted by atomic mass is 16.5. The number of allylic oxidation sites excluding steroid dienone is 1. The van der Waals surface area contributed by atoms with Crippen LogP contribution in [0.3, 0.4) is 0 Å². The van der Waals surface area contributed by atoms with E-state index in [1.807, 2.05) is 6.07 Å². The van der Waals surface area contributed by atoms with Crippen LogP contribution in [-0.4, -0.2) is 37.6 Å². The highest BCUT2D eigenvalue weighted by Gasteiger charge is 2.11. The Labute approximate surface area is 185 Å². The summed E-state index contributed by atoms with van der Waals surface area (Å²) < 4.78 is 16.2. The molecule has 0 aromatic heterocycles. The molecule has 7 nitrogen and oxygen atoms in total. The first kappa shape index (κ1) is 22.4. The summed E-state index contributed by atoms with van der Waals surface area (Å²) in [5, 5.41) is 12.1. The van der Waals surface area contributed by atoms with E-state index in [4.69, 9.17) is 14.2 Å². The molecule has 7 heteroatoms. The number of aromatic hydroxyl groups is 1. The molecule has 0 unspecified atom stereocenters. The lowest BCUT2D eigenvalue weighted by Crippen LogP contribution is -2.20. The number of hydrogen-bond donors (Lipinski definition) is 2. The predicted molar refractivity (Wildman–Crippen MR) is 122 cm³/mol. The highest BCUT2D eigenvalue weighted by molar-refractivity contribution is 6.06. The highest BCUT2D eigenvalue weighted by Crippen LogP contribution is 2.29. The van der Waals surface area contributed by atoms with Gasteiger partial charge in [0.2, 0.25) is 0 Å². The number of para-hydroxylation sites is 2. The monoisotopic (exact) mass is 433 g/mol. The fourth-order valence-corrected chi connectivity index (χ4v) is 2.88. The molecule has 0 spiro atoms. The minimum Gasteiger partial charge on any atom is -0.508 e. The van der Waals surface area contributed by atoms with Gasteiger partial charge in [0.25, 0.3) is 5.91 Å². The third kappa shape index (κ3) is 5.89. The molecular weight excluding hydrogens is 410 g/mol. The third-order valence-electron chi connectivity index (χ3n) is 4.51. The first-order valence-corrected chi connectivity index (χ1v) is 9.75. The van der Waals surface area contributed by atoms with Gasteiger partial charge in [-0.3, -0.25) is 9.59 Å². The van der Waals surface area contributed by atoms with Crippen LogP contribution < -0.4 is 19.5 Å². The third-order valence-corrected chi connectivity index (χ3v) is 4.51. The van der Waals surface area contributed by atoms with E-state index in [1.54, 1.807) is 54.6 Å². The minimum absolute atomic E-state index is 0.0995. The normalized spacial score (nSPS) is 10.6. The van der Waals surface area contributed by atoms with Crippen LogP contribution >= 0.6 is 0 Å². The predicted octanol–water partition coefficient (Wildman–Crippen LogP) is 4.32. The number of hydrogen-bond acceptors (Lipinski definition) is 6. The van der Waals surface area contributed by atoms with Gasteiger partial charge < -0.3 is 24.6 Å². The molecule has 0 saturated carbocycles. The number of phenols is 1. The fraction of sp³-hybridized carbons (Fsp3) is 0.120. The van der Waals surface area contributed by atoms with Crippen molar-refractivity contribution in [3.05, 3.63) is 83.9 Å². The van der Waals surface area contributed by atoms with Crippen molar-refractivity contribution < 1.29 is 28.9 Å². The number of ketones is 1. The van der Waals surface area contributed by atoms with Crippen molar-refractivity contribution >= 4 is 23.5 Å². The van der Waals surface area contributed by atoms with Crippen molar-refractivity contribution in [1.29, 1.82) is 0 Å². The summed E-state index contributed by atoms with van der Waals surface area (Å²) in [6, 6.07) is 18.2. The van der Waals surface area contributed by atoms with Gasteiger partial charge in [0, 0.05) is 5.56 Å². The Morgan fingerprint density at radius 1 is 0.906 bits per heavy atom. The zero-order chi connectivity index (χ0) is 22.9. The summed E-state index contributed by atoms with van der Waals surface area (Å²) in [6.07, 6.45) is 3.08. The Morgan fingerprint density at radius 2 is 1.62 bits per heavy atom. The van der Waals surface area contributed by atoms with Crippen molar-refractivity contribution in [2.24, 2.45) is 0 Å². The molecule has 3 aromatic carbocycles. The van der Waals surface area contributed by atoms with Crippen LogP contribution in [0.1, 0.15) is 15.9 Å². The van der Waals surface area contributed by atoms with E-state index in [9.17, 15) is 14.7 Å². The summed E-state index contributed by atoms with van der Waals surface area (Å²) in [6.45, 7) is -0.219. The Morgan fingerprint density at radius 3 is 2.34 bits per heavy atom. The molecule has 0 aliphatic rings. The maximum absolute atomic E-state index is 12.3. The van der Waals surface area contributed by atoms with Gasteiger partial charge in [-0.25, -0.2) is 0 Å². The largest absolute Gasteiger partial charge is 0.508 e. The van der Waals surface area contributed by atoms with Gasteiger partial charge in [0.15, 0.2) is 23.9 Å². The average molecular weight is 433 g/mol. The summed E-state index contributed by atoms with van der Waals surface area (Å²) in [5.41, 5.74) is 1.74. The molecule has 3 rings (SSSR count). The second-order valence-corrected chi connectivity index (χ2v) is 6.69. The summed E-state index contributed by atoms with van der Waals surface area (Å²) in [5.74, 6) is 0.926. The van der Waals surface area contributed by atoms with Crippen LogP contribution in [0.2, 0.25) is 0 Å². The first-order chi connectivity index (χ1) is 15.5. The number of ether oxygens (including phenoxy) is 3. The molecule has 0 fully saturated rings. The van der Waals surface area contributed by atoms with Crippen molar-refractivity contribution in [2.75, 3.05) is 26.1 Å². The number of carbonyl (C=O) groups excluding carboxylic acids is 2. The van der Waals surface area contributed by atoms with Crippen molar-refractivity contribution in [3.8, 4) is 23.0 Å². The summed E-state index contributed by atoms with van der Waals surface area (Å²) in [7, 11) is 3.02. The standard InChI is InChI=1S/C25H23NO6/c1-30-22-6-4-3-5-20(22)26-25(29)16-32-23-14-8-17(15-24(23)31-2)7-13-21(28)18-9-11-19(27)12-10-18/h3-15,27H,16H2,1-2H3,(H,26,29)/b13-7+. The molecule has 3 aromatic rings. The second-order valence-electron chi connectivity index (χ2n) is 6.69. The van der Waals surface area contributed by atoms with Gasteiger partial charge in [-0.1, -0.05) is 24.3 Å². The van der Waals surface area contributed by atoms with Crippen LogP contribution in [0.5, 0.6) is 23.0 Å². The molecule has 0 saturated heterocycles.